The van der Waals surface area contributed by atoms with E-state index in [0.717, 1.165) is 17.5 Å². The molecule has 0 bridgehead atoms. The Kier molecular flexibility index (Phi) is 5.47. The Morgan fingerprint density at radius 1 is 1.17 bits per heavy atom. The van der Waals surface area contributed by atoms with Gasteiger partial charge in [-0.05, 0) is 56.0 Å². The molecule has 0 aromatic heterocycles. The van der Waals surface area contributed by atoms with Gasteiger partial charge in [-0.1, -0.05) is 37.3 Å². The highest BCUT2D eigenvalue weighted by molar-refractivity contribution is 7.85. The fraction of sp³-hybridized carbons (Fsp3) is 0.316. The van der Waals surface area contributed by atoms with Gasteiger partial charge in [-0.3, -0.25) is 0 Å². The fourth-order valence-corrected chi connectivity index (χ4v) is 2.70. The number of halogens is 1. The first-order chi connectivity index (χ1) is 10.8. The van der Waals surface area contributed by atoms with Crippen LogP contribution in [0.5, 0.6) is 0 Å². The predicted molar refractivity (Wildman–Crippen MR) is 96.7 cm³/mol. The lowest BCUT2D eigenvalue weighted by atomic mass is 9.97. The third kappa shape index (κ3) is 4.35. The van der Waals surface area contributed by atoms with Gasteiger partial charge < -0.3 is 0 Å². The molecule has 0 aliphatic heterocycles. The molecule has 0 N–H and O–H groups in total. The molecule has 0 amide bonds. The van der Waals surface area contributed by atoms with Gasteiger partial charge in [-0.15, -0.1) is 0 Å². The third-order valence-corrected chi connectivity index (χ3v) is 4.87. The minimum absolute atomic E-state index is 0.348. The van der Waals surface area contributed by atoms with Crippen molar-refractivity contribution in [1.82, 2.24) is 0 Å². The van der Waals surface area contributed by atoms with E-state index in [-0.39, 0.29) is 5.82 Å². The molecule has 2 aromatic rings. The molecule has 0 fully saturated rings. The second kappa shape index (κ2) is 7.18. The van der Waals surface area contributed by atoms with Crippen molar-refractivity contribution in [3.63, 3.8) is 0 Å². The lowest BCUT2D eigenvalue weighted by molar-refractivity contribution is 0.626. The molecule has 0 aliphatic carbocycles. The van der Waals surface area contributed by atoms with Crippen molar-refractivity contribution in [2.75, 3.05) is 0 Å². The Hall–Kier alpha value is -1.81. The maximum absolute atomic E-state index is 14.3. The first-order valence-corrected chi connectivity index (χ1v) is 8.77. The fourth-order valence-electron chi connectivity index (χ4n) is 2.17. The van der Waals surface area contributed by atoms with Gasteiger partial charge in [0.25, 0.3) is 0 Å². The zero-order chi connectivity index (χ0) is 17.0. The number of rotatable bonds is 4. The molecular weight excluding hydrogens is 309 g/mol. The zero-order valence-corrected chi connectivity index (χ0v) is 14.8. The number of benzene rings is 2. The van der Waals surface area contributed by atoms with Crippen LogP contribution in [-0.2, 0) is 17.4 Å². The van der Waals surface area contributed by atoms with Crippen molar-refractivity contribution in [2.45, 2.75) is 38.9 Å². The summed E-state index contributed by atoms with van der Waals surface area (Å²) in [5.74, 6) is -0.358. The molecule has 0 heterocycles. The summed E-state index contributed by atoms with van der Waals surface area (Å²) in [5, 5.41) is 0. The number of hydrogen-bond acceptors (Lipinski definition) is 1. The minimum Gasteiger partial charge on any atom is -0.234 e. The molecule has 2 rings (SSSR count). The molecule has 23 heavy (non-hydrogen) atoms. The second-order valence-electron chi connectivity index (χ2n) is 6.34. The molecule has 4 heteroatoms. The number of nitrogens with zero attached hydrogens (tertiary/aromatic N) is 1. The summed E-state index contributed by atoms with van der Waals surface area (Å²) >= 11 is 0. The highest BCUT2D eigenvalue weighted by Gasteiger charge is 2.18. The summed E-state index contributed by atoms with van der Waals surface area (Å²) in [4.78, 5) is 0. The lowest BCUT2D eigenvalue weighted by Gasteiger charge is -2.13. The Morgan fingerprint density at radius 2 is 1.87 bits per heavy atom. The van der Waals surface area contributed by atoms with Gasteiger partial charge in [0, 0.05) is 11.8 Å². The maximum atomic E-state index is 14.3. The quantitative estimate of drug-likeness (QED) is 0.730. The second-order valence-corrected chi connectivity index (χ2v) is 8.28. The van der Waals surface area contributed by atoms with Gasteiger partial charge in [-0.2, -0.15) is 4.40 Å². The Bertz CT molecular complexity index is 747. The predicted octanol–water partition coefficient (Wildman–Crippen LogP) is 4.94. The summed E-state index contributed by atoms with van der Waals surface area (Å²) < 4.78 is 29.8. The zero-order valence-electron chi connectivity index (χ0n) is 14.0. The summed E-state index contributed by atoms with van der Waals surface area (Å²) in [7, 11) is -1.39. The van der Waals surface area contributed by atoms with Crippen LogP contribution in [-0.4, -0.2) is 15.2 Å². The van der Waals surface area contributed by atoms with E-state index in [1.54, 1.807) is 6.07 Å². The monoisotopic (exact) mass is 331 g/mol. The van der Waals surface area contributed by atoms with Gasteiger partial charge in [0.2, 0.25) is 0 Å². The van der Waals surface area contributed by atoms with Gasteiger partial charge >= 0.3 is 0 Å². The van der Waals surface area contributed by atoms with Crippen molar-refractivity contribution < 1.29 is 8.60 Å². The molecule has 122 valence electrons. The van der Waals surface area contributed by atoms with Crippen LogP contribution in [0.1, 0.15) is 38.8 Å². The molecule has 0 radical (unpaired) electrons. The van der Waals surface area contributed by atoms with Crippen LogP contribution in [0.4, 0.5) is 4.39 Å². The van der Waals surface area contributed by atoms with Crippen molar-refractivity contribution >= 4 is 17.2 Å². The molecule has 1 atom stereocenters. The van der Waals surface area contributed by atoms with E-state index in [2.05, 4.69) is 17.4 Å². The average molecular weight is 331 g/mol. The van der Waals surface area contributed by atoms with Crippen LogP contribution < -0.4 is 0 Å². The molecule has 2 aromatic carbocycles. The highest BCUT2D eigenvalue weighted by atomic mass is 32.2. The van der Waals surface area contributed by atoms with Crippen LogP contribution in [0.3, 0.4) is 0 Å². The van der Waals surface area contributed by atoms with E-state index < -0.39 is 15.7 Å². The van der Waals surface area contributed by atoms with E-state index >= 15 is 0 Å². The van der Waals surface area contributed by atoms with Crippen LogP contribution in [0, 0.1) is 5.82 Å². The Morgan fingerprint density at radius 3 is 2.48 bits per heavy atom. The normalized spacial score (nSPS) is 13.4. The standard InChI is InChI=1S/C19H22FNOS/c1-5-14-8-6-7-9-17(14)15-10-11-16(18(20)12-15)13-21-23(22)19(2,3)4/h6-13H,5H2,1-4H3. The van der Waals surface area contributed by atoms with Crippen molar-refractivity contribution in [3.8, 4) is 11.1 Å². The van der Waals surface area contributed by atoms with E-state index in [1.807, 2.05) is 45.0 Å². The van der Waals surface area contributed by atoms with E-state index in [9.17, 15) is 8.60 Å². The first-order valence-electron chi connectivity index (χ1n) is 7.67. The average Bonchev–Trinajstić information content (AvgIpc) is 2.52. The topological polar surface area (TPSA) is 29.4 Å². The van der Waals surface area contributed by atoms with Crippen molar-refractivity contribution in [1.29, 1.82) is 0 Å². The van der Waals surface area contributed by atoms with Crippen LogP contribution in [0.25, 0.3) is 11.1 Å². The summed E-state index contributed by atoms with van der Waals surface area (Å²) in [6.07, 6.45) is 2.25. The number of aryl methyl sites for hydroxylation is 1. The summed E-state index contributed by atoms with van der Waals surface area (Å²) in [6, 6.07) is 13.1. The van der Waals surface area contributed by atoms with Crippen LogP contribution >= 0.6 is 0 Å². The summed E-state index contributed by atoms with van der Waals surface area (Å²) in [6.45, 7) is 7.59. The Labute approximate surface area is 140 Å². The summed E-state index contributed by atoms with van der Waals surface area (Å²) in [5.41, 5.74) is 3.41. The van der Waals surface area contributed by atoms with Crippen LogP contribution in [0.15, 0.2) is 46.9 Å². The van der Waals surface area contributed by atoms with Gasteiger partial charge in [0.05, 0.1) is 4.75 Å². The molecule has 2 nitrogen and oxygen atoms in total. The minimum atomic E-state index is -1.39. The Balaban J connectivity index is 2.32. The molecule has 0 saturated carbocycles. The SMILES string of the molecule is CCc1ccccc1-c1ccc(C=NS(=O)C(C)(C)C)c(F)c1. The van der Waals surface area contributed by atoms with E-state index in [0.29, 0.717) is 5.56 Å². The van der Waals surface area contributed by atoms with Gasteiger partial charge in [-0.25, -0.2) is 8.60 Å². The molecule has 0 aliphatic rings. The first kappa shape index (κ1) is 17.5. The largest absolute Gasteiger partial charge is 0.234 e. The smallest absolute Gasteiger partial charge is 0.144 e. The van der Waals surface area contributed by atoms with E-state index in [4.69, 9.17) is 0 Å². The number of hydrogen-bond donors (Lipinski definition) is 0. The lowest BCUT2D eigenvalue weighted by Crippen LogP contribution is -2.19. The molecule has 0 spiro atoms. The highest BCUT2D eigenvalue weighted by Crippen LogP contribution is 2.25. The van der Waals surface area contributed by atoms with E-state index in [1.165, 1.54) is 17.8 Å². The third-order valence-electron chi connectivity index (χ3n) is 3.52. The maximum Gasteiger partial charge on any atom is 0.144 e. The van der Waals surface area contributed by atoms with Crippen molar-refractivity contribution in [2.24, 2.45) is 4.40 Å². The van der Waals surface area contributed by atoms with Crippen LogP contribution in [0.2, 0.25) is 0 Å². The van der Waals surface area contributed by atoms with Gasteiger partial charge in [0.1, 0.15) is 16.8 Å². The molecular formula is C19H22FNOS. The van der Waals surface area contributed by atoms with Crippen molar-refractivity contribution in [3.05, 3.63) is 59.4 Å². The molecule has 1 unspecified atom stereocenters. The molecule has 0 saturated heterocycles. The van der Waals surface area contributed by atoms with Gasteiger partial charge in [0.15, 0.2) is 0 Å².